The lowest BCUT2D eigenvalue weighted by Crippen LogP contribution is -2.44. The van der Waals surface area contributed by atoms with Crippen molar-refractivity contribution in [3.63, 3.8) is 0 Å². The van der Waals surface area contributed by atoms with Crippen molar-refractivity contribution < 1.29 is 19.4 Å². The Balaban J connectivity index is 2.33. The minimum absolute atomic E-state index is 0.0246. The molecule has 24 heavy (non-hydrogen) atoms. The first kappa shape index (κ1) is 18.7. The highest BCUT2D eigenvalue weighted by molar-refractivity contribution is 6.07. The maximum Gasteiger partial charge on any atom is 0.333 e. The van der Waals surface area contributed by atoms with Gasteiger partial charge in [0.25, 0.3) is 0 Å². The molecule has 0 bridgehead atoms. The minimum Gasteiger partial charge on any atom is -0.459 e. The van der Waals surface area contributed by atoms with Crippen molar-refractivity contribution in [3.8, 4) is 0 Å². The van der Waals surface area contributed by atoms with Crippen molar-refractivity contribution in [3.05, 3.63) is 34.9 Å². The standard InChI is InChI=1S/C20H28O4/c1-7-12(2)18(22)24-17-9-8-14-10-16(21)15(19(4,5)23)11-20(14,6)13(17)3/h7,10-11,13,17,23H,8-9H2,1-6H3/b12-7-/t13-,17+,20+/m0/s1. The molecule has 132 valence electrons. The summed E-state index contributed by atoms with van der Waals surface area (Å²) in [5.41, 5.74) is 0.490. The Bertz CT molecular complexity index is 645. The van der Waals surface area contributed by atoms with E-state index in [2.05, 4.69) is 6.92 Å². The van der Waals surface area contributed by atoms with Crippen molar-refractivity contribution >= 4 is 11.8 Å². The van der Waals surface area contributed by atoms with Crippen LogP contribution in [0.1, 0.15) is 54.4 Å². The molecule has 1 fully saturated rings. The van der Waals surface area contributed by atoms with Gasteiger partial charge in [-0.1, -0.05) is 31.6 Å². The quantitative estimate of drug-likeness (QED) is 0.634. The number of fused-ring (bicyclic) bond motifs is 1. The molecular formula is C20H28O4. The van der Waals surface area contributed by atoms with Crippen molar-refractivity contribution in [1.29, 1.82) is 0 Å². The summed E-state index contributed by atoms with van der Waals surface area (Å²) >= 11 is 0. The normalized spacial score (nSPS) is 31.1. The Morgan fingerprint density at radius 2 is 2.08 bits per heavy atom. The van der Waals surface area contributed by atoms with Gasteiger partial charge in [0.15, 0.2) is 5.78 Å². The van der Waals surface area contributed by atoms with Crippen LogP contribution in [0, 0.1) is 11.3 Å². The Kier molecular flexibility index (Phi) is 4.91. The topological polar surface area (TPSA) is 63.6 Å². The average molecular weight is 332 g/mol. The van der Waals surface area contributed by atoms with Gasteiger partial charge < -0.3 is 9.84 Å². The maximum atomic E-state index is 12.3. The monoisotopic (exact) mass is 332 g/mol. The molecule has 0 aliphatic heterocycles. The van der Waals surface area contributed by atoms with E-state index < -0.39 is 11.0 Å². The molecule has 2 aliphatic rings. The van der Waals surface area contributed by atoms with Gasteiger partial charge in [-0.3, -0.25) is 4.79 Å². The van der Waals surface area contributed by atoms with Crippen LogP contribution < -0.4 is 0 Å². The molecule has 0 amide bonds. The third kappa shape index (κ3) is 3.25. The number of carbonyl (C=O) groups is 2. The highest BCUT2D eigenvalue weighted by atomic mass is 16.5. The molecule has 0 radical (unpaired) electrons. The van der Waals surface area contributed by atoms with Gasteiger partial charge in [0.05, 0.1) is 5.60 Å². The number of carbonyl (C=O) groups excluding carboxylic acids is 2. The van der Waals surface area contributed by atoms with Crippen molar-refractivity contribution in [2.45, 2.75) is 66.1 Å². The molecular weight excluding hydrogens is 304 g/mol. The van der Waals surface area contributed by atoms with E-state index in [0.717, 1.165) is 12.0 Å². The summed E-state index contributed by atoms with van der Waals surface area (Å²) < 4.78 is 5.71. The average Bonchev–Trinajstić information content (AvgIpc) is 2.50. The van der Waals surface area contributed by atoms with Crippen LogP contribution in [0.3, 0.4) is 0 Å². The lowest BCUT2D eigenvalue weighted by atomic mass is 9.60. The predicted molar refractivity (Wildman–Crippen MR) is 93.3 cm³/mol. The Morgan fingerprint density at radius 3 is 2.62 bits per heavy atom. The largest absolute Gasteiger partial charge is 0.459 e. The lowest BCUT2D eigenvalue weighted by molar-refractivity contribution is -0.150. The number of ketones is 1. The molecule has 2 aliphatic carbocycles. The van der Waals surface area contributed by atoms with Gasteiger partial charge in [-0.05, 0) is 46.6 Å². The molecule has 2 rings (SSSR count). The predicted octanol–water partition coefficient (Wildman–Crippen LogP) is 3.51. The Hall–Kier alpha value is -1.68. The number of rotatable bonds is 3. The smallest absolute Gasteiger partial charge is 0.333 e. The molecule has 1 N–H and O–H groups in total. The number of aliphatic hydroxyl groups is 1. The fourth-order valence-electron chi connectivity index (χ4n) is 3.54. The summed E-state index contributed by atoms with van der Waals surface area (Å²) in [6.45, 7) is 10.9. The Labute approximate surface area is 144 Å². The molecule has 0 aromatic carbocycles. The molecule has 4 nitrogen and oxygen atoms in total. The maximum absolute atomic E-state index is 12.3. The molecule has 0 heterocycles. The van der Waals surface area contributed by atoms with E-state index in [-0.39, 0.29) is 23.8 Å². The van der Waals surface area contributed by atoms with E-state index in [1.54, 1.807) is 32.9 Å². The molecule has 0 spiro atoms. The van der Waals surface area contributed by atoms with Gasteiger partial charge in [-0.25, -0.2) is 4.79 Å². The third-order valence-electron chi connectivity index (χ3n) is 5.58. The van der Waals surface area contributed by atoms with Crippen LogP contribution in [0.25, 0.3) is 0 Å². The van der Waals surface area contributed by atoms with Gasteiger partial charge in [-0.2, -0.15) is 0 Å². The summed E-state index contributed by atoms with van der Waals surface area (Å²) in [5, 5.41) is 10.3. The SMILES string of the molecule is C/C=C(/C)C(=O)O[C@@H]1CCC2=CC(=O)C(C(C)(C)O)=C[C@]2(C)[C@H]1C. The van der Waals surface area contributed by atoms with Gasteiger partial charge >= 0.3 is 5.97 Å². The second kappa shape index (κ2) is 6.32. The number of hydrogen-bond acceptors (Lipinski definition) is 4. The summed E-state index contributed by atoms with van der Waals surface area (Å²) in [4.78, 5) is 24.4. The molecule has 3 atom stereocenters. The van der Waals surface area contributed by atoms with Gasteiger partial charge in [-0.15, -0.1) is 0 Å². The van der Waals surface area contributed by atoms with Crippen LogP contribution in [-0.4, -0.2) is 28.6 Å². The summed E-state index contributed by atoms with van der Waals surface area (Å²) in [6.07, 6.45) is 6.52. The van der Waals surface area contributed by atoms with Crippen LogP contribution in [-0.2, 0) is 14.3 Å². The van der Waals surface area contributed by atoms with Crippen LogP contribution in [0.2, 0.25) is 0 Å². The number of hydrogen-bond donors (Lipinski definition) is 1. The van der Waals surface area contributed by atoms with E-state index in [1.807, 2.05) is 19.9 Å². The minimum atomic E-state index is -1.19. The summed E-state index contributed by atoms with van der Waals surface area (Å²) in [7, 11) is 0. The number of allylic oxidation sites excluding steroid dienone is 4. The first-order valence-electron chi connectivity index (χ1n) is 8.55. The molecule has 0 aromatic heterocycles. The zero-order chi connectivity index (χ0) is 18.3. The van der Waals surface area contributed by atoms with Crippen LogP contribution >= 0.6 is 0 Å². The first-order chi connectivity index (χ1) is 11.0. The first-order valence-corrected chi connectivity index (χ1v) is 8.55. The van der Waals surface area contributed by atoms with E-state index in [1.165, 1.54) is 0 Å². The van der Waals surface area contributed by atoms with E-state index in [9.17, 15) is 14.7 Å². The fraction of sp³-hybridized carbons (Fsp3) is 0.600. The summed E-state index contributed by atoms with van der Waals surface area (Å²) in [5.74, 6) is -0.386. The van der Waals surface area contributed by atoms with E-state index >= 15 is 0 Å². The lowest BCUT2D eigenvalue weighted by Gasteiger charge is -2.46. The molecule has 4 heteroatoms. The van der Waals surface area contributed by atoms with Gasteiger partial charge in [0, 0.05) is 22.5 Å². The van der Waals surface area contributed by atoms with Crippen LogP contribution in [0.5, 0.6) is 0 Å². The molecule has 0 unspecified atom stereocenters. The van der Waals surface area contributed by atoms with E-state index in [0.29, 0.717) is 17.6 Å². The van der Waals surface area contributed by atoms with E-state index in [4.69, 9.17) is 4.74 Å². The zero-order valence-electron chi connectivity index (χ0n) is 15.5. The highest BCUT2D eigenvalue weighted by Gasteiger charge is 2.47. The third-order valence-corrected chi connectivity index (χ3v) is 5.58. The fourth-order valence-corrected chi connectivity index (χ4v) is 3.54. The number of esters is 1. The van der Waals surface area contributed by atoms with Gasteiger partial charge in [0.2, 0.25) is 0 Å². The molecule has 1 saturated carbocycles. The number of ether oxygens (including phenoxy) is 1. The van der Waals surface area contributed by atoms with Crippen LogP contribution in [0.15, 0.2) is 34.9 Å². The summed E-state index contributed by atoms with van der Waals surface area (Å²) in [6, 6.07) is 0. The van der Waals surface area contributed by atoms with Gasteiger partial charge in [0.1, 0.15) is 6.10 Å². The molecule has 0 aromatic rings. The van der Waals surface area contributed by atoms with Crippen molar-refractivity contribution in [1.82, 2.24) is 0 Å². The molecule has 0 saturated heterocycles. The Morgan fingerprint density at radius 1 is 1.46 bits per heavy atom. The van der Waals surface area contributed by atoms with Crippen molar-refractivity contribution in [2.24, 2.45) is 11.3 Å². The van der Waals surface area contributed by atoms with Crippen molar-refractivity contribution in [2.75, 3.05) is 0 Å². The highest BCUT2D eigenvalue weighted by Crippen LogP contribution is 2.50. The zero-order valence-corrected chi connectivity index (χ0v) is 15.5. The second-order valence-corrected chi connectivity index (χ2v) is 7.68. The van der Waals surface area contributed by atoms with Crippen LogP contribution in [0.4, 0.5) is 0 Å². The second-order valence-electron chi connectivity index (χ2n) is 7.68.